The molecular weight excluding hydrogens is 317 g/mol. The van der Waals surface area contributed by atoms with Crippen molar-refractivity contribution < 1.29 is 9.18 Å². The fourth-order valence-corrected chi connectivity index (χ4v) is 3.04. The smallest absolute Gasteiger partial charge is 0.197 e. The molecule has 0 amide bonds. The molecule has 0 saturated carbocycles. The number of benzene rings is 1. The van der Waals surface area contributed by atoms with Crippen molar-refractivity contribution in [3.05, 3.63) is 59.2 Å². The van der Waals surface area contributed by atoms with Crippen LogP contribution in [0.15, 0.2) is 41.5 Å². The number of halogens is 1. The highest BCUT2D eigenvalue weighted by molar-refractivity contribution is 6.39. The van der Waals surface area contributed by atoms with Gasteiger partial charge in [-0.05, 0) is 37.1 Å². The van der Waals surface area contributed by atoms with E-state index in [4.69, 9.17) is 0 Å². The summed E-state index contributed by atoms with van der Waals surface area (Å²) in [5.74, 6) is 6.24. The van der Waals surface area contributed by atoms with Crippen molar-refractivity contribution in [3.63, 3.8) is 0 Å². The zero-order valence-corrected chi connectivity index (χ0v) is 13.6. The maximum Gasteiger partial charge on any atom is 0.197 e. The summed E-state index contributed by atoms with van der Waals surface area (Å²) in [5.41, 5.74) is 2.86. The Morgan fingerprint density at radius 2 is 2.00 bits per heavy atom. The number of rotatable bonds is 0. The maximum absolute atomic E-state index is 13.2. The predicted octanol–water partition coefficient (Wildman–Crippen LogP) is 3.22. The van der Waals surface area contributed by atoms with Gasteiger partial charge in [0, 0.05) is 30.3 Å². The molecular formula is C20H16FN3O. The molecule has 25 heavy (non-hydrogen) atoms. The second kappa shape index (κ2) is 6.48. The van der Waals surface area contributed by atoms with Crippen LogP contribution < -0.4 is 0 Å². The van der Waals surface area contributed by atoms with E-state index in [9.17, 15) is 9.18 Å². The van der Waals surface area contributed by atoms with Crippen molar-refractivity contribution in [2.75, 3.05) is 6.54 Å². The minimum Gasteiger partial charge on any atom is -0.348 e. The lowest BCUT2D eigenvalue weighted by Gasteiger charge is -2.27. The molecule has 1 fully saturated rings. The molecule has 124 valence electrons. The van der Waals surface area contributed by atoms with Gasteiger partial charge in [-0.15, -0.1) is 0 Å². The second-order valence-corrected chi connectivity index (χ2v) is 6.19. The highest BCUT2D eigenvalue weighted by Gasteiger charge is 2.27. The van der Waals surface area contributed by atoms with Gasteiger partial charge in [0.25, 0.3) is 0 Å². The lowest BCUT2D eigenvalue weighted by Crippen LogP contribution is -2.37. The topological polar surface area (TPSA) is 45.6 Å². The van der Waals surface area contributed by atoms with Gasteiger partial charge in [-0.3, -0.25) is 9.78 Å². The maximum atomic E-state index is 13.2. The number of aliphatic imine (C=N–C) groups is 1. The Balaban J connectivity index is 1.66. The normalized spacial score (nSPS) is 16.1. The van der Waals surface area contributed by atoms with E-state index in [1.165, 1.54) is 12.1 Å². The summed E-state index contributed by atoms with van der Waals surface area (Å²) in [6.07, 6.45) is 4.15. The number of aromatic nitrogens is 1. The Labute approximate surface area is 145 Å². The fourth-order valence-electron chi connectivity index (χ4n) is 3.04. The van der Waals surface area contributed by atoms with Crippen molar-refractivity contribution in [2.24, 2.45) is 4.99 Å². The number of amidine groups is 1. The molecule has 0 radical (unpaired) electrons. The lowest BCUT2D eigenvalue weighted by molar-refractivity contribution is -0.113. The third-order valence-electron chi connectivity index (χ3n) is 4.32. The van der Waals surface area contributed by atoms with Crippen LogP contribution in [0.5, 0.6) is 0 Å². The van der Waals surface area contributed by atoms with Crippen LogP contribution in [0.25, 0.3) is 0 Å². The lowest BCUT2D eigenvalue weighted by atomic mass is 10.1. The molecule has 0 bridgehead atoms. The van der Waals surface area contributed by atoms with Gasteiger partial charge in [0.05, 0.1) is 17.9 Å². The number of ketones is 1. The van der Waals surface area contributed by atoms with E-state index in [0.29, 0.717) is 35.6 Å². The molecule has 4 nitrogen and oxygen atoms in total. The number of fused-ring (bicyclic) bond motifs is 2. The van der Waals surface area contributed by atoms with Crippen LogP contribution in [0, 0.1) is 17.7 Å². The van der Waals surface area contributed by atoms with Crippen molar-refractivity contribution in [1.29, 1.82) is 0 Å². The summed E-state index contributed by atoms with van der Waals surface area (Å²) in [5, 5.41) is 0. The van der Waals surface area contributed by atoms with Gasteiger partial charge in [-0.25, -0.2) is 9.38 Å². The summed E-state index contributed by atoms with van der Waals surface area (Å²) in [6, 6.07) is 8.00. The average Bonchev–Trinajstić information content (AvgIpc) is 2.79. The third-order valence-corrected chi connectivity index (χ3v) is 4.32. The SMILES string of the molecule is O=C1CCCCN2Cc3ncc(C#Cc4cccc(F)c4)cc3N=C12. The van der Waals surface area contributed by atoms with E-state index >= 15 is 0 Å². The quantitative estimate of drug-likeness (QED) is 0.696. The van der Waals surface area contributed by atoms with Crippen molar-refractivity contribution in [2.45, 2.75) is 25.8 Å². The zero-order chi connectivity index (χ0) is 17.2. The number of Topliss-reactive ketones (excluding diaryl/α,β-unsaturated/α-hetero) is 1. The van der Waals surface area contributed by atoms with Crippen LogP contribution in [0.3, 0.4) is 0 Å². The van der Waals surface area contributed by atoms with Gasteiger partial charge < -0.3 is 4.90 Å². The van der Waals surface area contributed by atoms with Gasteiger partial charge >= 0.3 is 0 Å². The predicted molar refractivity (Wildman–Crippen MR) is 93.0 cm³/mol. The van der Waals surface area contributed by atoms with E-state index in [2.05, 4.69) is 21.8 Å². The Bertz CT molecular complexity index is 939. The summed E-state index contributed by atoms with van der Waals surface area (Å²) in [7, 11) is 0. The molecule has 2 aliphatic rings. The van der Waals surface area contributed by atoms with Crippen LogP contribution in [-0.2, 0) is 11.3 Å². The van der Waals surface area contributed by atoms with E-state index in [1.807, 2.05) is 11.0 Å². The first-order valence-corrected chi connectivity index (χ1v) is 8.32. The molecule has 0 spiro atoms. The second-order valence-electron chi connectivity index (χ2n) is 6.19. The van der Waals surface area contributed by atoms with E-state index in [-0.39, 0.29) is 11.6 Å². The Kier molecular flexibility index (Phi) is 4.02. The zero-order valence-electron chi connectivity index (χ0n) is 13.6. The third kappa shape index (κ3) is 3.29. The first-order valence-electron chi connectivity index (χ1n) is 8.32. The van der Waals surface area contributed by atoms with E-state index in [0.717, 1.165) is 25.1 Å². The highest BCUT2D eigenvalue weighted by atomic mass is 19.1. The molecule has 0 N–H and O–H groups in total. The van der Waals surface area contributed by atoms with Gasteiger partial charge in [0.2, 0.25) is 0 Å². The molecule has 1 aromatic heterocycles. The minimum atomic E-state index is -0.311. The standard InChI is InChI=1S/C20H16FN3O/c21-16-5-3-4-14(10-16)7-8-15-11-17-18(22-12-15)13-24-9-2-1-6-19(25)20(24)23-17/h3-5,10-12H,1-2,6,9,13H2. The van der Waals surface area contributed by atoms with Crippen LogP contribution in [-0.4, -0.2) is 28.0 Å². The number of carbonyl (C=O) groups is 1. The van der Waals surface area contributed by atoms with Crippen LogP contribution in [0.2, 0.25) is 0 Å². The van der Waals surface area contributed by atoms with Crippen LogP contribution in [0.1, 0.15) is 36.1 Å². The monoisotopic (exact) mass is 333 g/mol. The van der Waals surface area contributed by atoms with Gasteiger partial charge in [-0.1, -0.05) is 17.9 Å². The average molecular weight is 333 g/mol. The molecule has 0 aliphatic carbocycles. The summed E-state index contributed by atoms with van der Waals surface area (Å²) < 4.78 is 13.2. The first-order chi connectivity index (χ1) is 12.2. The number of pyridine rings is 1. The first kappa shape index (κ1) is 15.5. The largest absolute Gasteiger partial charge is 0.348 e. The van der Waals surface area contributed by atoms with Crippen molar-refractivity contribution >= 4 is 17.3 Å². The van der Waals surface area contributed by atoms with E-state index < -0.39 is 0 Å². The van der Waals surface area contributed by atoms with Crippen LogP contribution in [0.4, 0.5) is 10.1 Å². The molecule has 1 aromatic carbocycles. The number of hydrogen-bond donors (Lipinski definition) is 0. The highest BCUT2D eigenvalue weighted by Crippen LogP contribution is 2.27. The van der Waals surface area contributed by atoms with E-state index in [1.54, 1.807) is 18.3 Å². The molecule has 2 aliphatic heterocycles. The molecule has 5 heteroatoms. The fraction of sp³-hybridized carbons (Fsp3) is 0.250. The number of hydrogen-bond acceptors (Lipinski definition) is 4. The molecule has 1 saturated heterocycles. The summed E-state index contributed by atoms with van der Waals surface area (Å²) >= 11 is 0. The molecule has 2 aromatic rings. The van der Waals surface area contributed by atoms with Gasteiger partial charge in [-0.2, -0.15) is 0 Å². The van der Waals surface area contributed by atoms with Gasteiger partial charge in [0.15, 0.2) is 11.6 Å². The molecule has 3 heterocycles. The Morgan fingerprint density at radius 1 is 1.12 bits per heavy atom. The Hall–Kier alpha value is -3.00. The summed E-state index contributed by atoms with van der Waals surface area (Å²) in [4.78, 5) is 23.2. The molecule has 4 rings (SSSR count). The Morgan fingerprint density at radius 3 is 2.88 bits per heavy atom. The number of carbonyl (C=O) groups excluding carboxylic acids is 1. The number of nitrogens with zero attached hydrogens (tertiary/aromatic N) is 3. The van der Waals surface area contributed by atoms with Gasteiger partial charge in [0.1, 0.15) is 5.82 Å². The van der Waals surface area contributed by atoms with Crippen molar-refractivity contribution in [1.82, 2.24) is 9.88 Å². The molecule has 0 unspecified atom stereocenters. The molecule has 0 atom stereocenters. The van der Waals surface area contributed by atoms with Crippen molar-refractivity contribution in [3.8, 4) is 11.8 Å². The minimum absolute atomic E-state index is 0.0967. The summed E-state index contributed by atoms with van der Waals surface area (Å²) in [6.45, 7) is 1.45. The van der Waals surface area contributed by atoms with Crippen LogP contribution >= 0.6 is 0 Å².